The third-order valence-electron chi connectivity index (χ3n) is 3.26. The summed E-state index contributed by atoms with van der Waals surface area (Å²) in [6, 6.07) is 0. The van der Waals surface area contributed by atoms with Gasteiger partial charge in [0.15, 0.2) is 0 Å². The highest BCUT2D eigenvalue weighted by atomic mass is 32.2. The maximum absolute atomic E-state index is 12.1. The second kappa shape index (κ2) is 6.76. The Labute approximate surface area is 118 Å². The zero-order valence-electron chi connectivity index (χ0n) is 10.8. The van der Waals surface area contributed by atoms with Gasteiger partial charge in [0.1, 0.15) is 0 Å². The summed E-state index contributed by atoms with van der Waals surface area (Å²) in [4.78, 5) is 4.13. The molecule has 0 saturated carbocycles. The molecule has 0 bridgehead atoms. The number of nitrogens with zero attached hydrogens (tertiary/aromatic N) is 2. The van der Waals surface area contributed by atoms with Crippen LogP contribution in [0.2, 0.25) is 0 Å². The van der Waals surface area contributed by atoms with Gasteiger partial charge in [-0.15, -0.1) is 11.3 Å². The fourth-order valence-corrected chi connectivity index (χ4v) is 4.13. The number of thiazole rings is 1. The van der Waals surface area contributed by atoms with Crippen molar-refractivity contribution in [1.29, 1.82) is 0 Å². The number of nitrogens with two attached hydrogens (primary N) is 1. The topological polar surface area (TPSA) is 88.3 Å². The number of nitrogens with one attached hydrogen (secondary N) is 1. The number of aromatic nitrogens is 1. The molecule has 1 fully saturated rings. The molecule has 0 amide bonds. The first-order chi connectivity index (χ1) is 9.12. The van der Waals surface area contributed by atoms with Crippen LogP contribution in [0.3, 0.4) is 0 Å². The SMILES string of the molecule is NCC1CCCN(S(=O)(=O)NCCc2nccs2)C1. The van der Waals surface area contributed by atoms with Crippen LogP contribution in [-0.2, 0) is 16.6 Å². The van der Waals surface area contributed by atoms with Crippen molar-refractivity contribution >= 4 is 21.5 Å². The summed E-state index contributed by atoms with van der Waals surface area (Å²) in [7, 11) is -3.37. The first kappa shape index (κ1) is 14.9. The van der Waals surface area contributed by atoms with Crippen LogP contribution in [0.1, 0.15) is 17.8 Å². The van der Waals surface area contributed by atoms with Gasteiger partial charge in [-0.25, -0.2) is 9.71 Å². The molecule has 3 N–H and O–H groups in total. The number of hydrogen-bond donors (Lipinski definition) is 2. The van der Waals surface area contributed by atoms with E-state index in [1.54, 1.807) is 6.20 Å². The smallest absolute Gasteiger partial charge is 0.279 e. The Morgan fingerprint density at radius 1 is 1.58 bits per heavy atom. The van der Waals surface area contributed by atoms with Crippen molar-refractivity contribution in [3.05, 3.63) is 16.6 Å². The lowest BCUT2D eigenvalue weighted by molar-refractivity contribution is 0.269. The second-order valence-electron chi connectivity index (χ2n) is 4.68. The Kier molecular flexibility index (Phi) is 5.28. The van der Waals surface area contributed by atoms with E-state index in [9.17, 15) is 8.42 Å². The van der Waals surface area contributed by atoms with Crippen LogP contribution in [0.15, 0.2) is 11.6 Å². The van der Waals surface area contributed by atoms with Crippen LogP contribution in [0.4, 0.5) is 0 Å². The Morgan fingerprint density at radius 2 is 2.42 bits per heavy atom. The van der Waals surface area contributed by atoms with E-state index in [0.29, 0.717) is 32.6 Å². The summed E-state index contributed by atoms with van der Waals surface area (Å²) in [6.07, 6.45) is 4.26. The number of piperidine rings is 1. The third kappa shape index (κ3) is 4.22. The molecule has 1 unspecified atom stereocenters. The summed E-state index contributed by atoms with van der Waals surface area (Å²) in [5.41, 5.74) is 5.62. The third-order valence-corrected chi connectivity index (χ3v) is 5.68. The van der Waals surface area contributed by atoms with Crippen molar-refractivity contribution in [3.8, 4) is 0 Å². The van der Waals surface area contributed by atoms with Crippen LogP contribution in [-0.4, -0.2) is 43.9 Å². The van der Waals surface area contributed by atoms with Gasteiger partial charge in [0.05, 0.1) is 5.01 Å². The molecule has 6 nitrogen and oxygen atoms in total. The first-order valence-corrected chi connectivity index (χ1v) is 8.77. The van der Waals surface area contributed by atoms with Crippen molar-refractivity contribution in [3.63, 3.8) is 0 Å². The molecular formula is C11H20N4O2S2. The highest BCUT2D eigenvalue weighted by Gasteiger charge is 2.27. The Hall–Kier alpha value is -0.540. The molecule has 108 valence electrons. The van der Waals surface area contributed by atoms with E-state index in [1.807, 2.05) is 5.38 Å². The molecule has 1 aromatic rings. The van der Waals surface area contributed by atoms with Gasteiger partial charge in [-0.1, -0.05) is 0 Å². The summed E-state index contributed by atoms with van der Waals surface area (Å²) in [6.45, 7) is 2.05. The number of rotatable bonds is 6. The van der Waals surface area contributed by atoms with E-state index in [2.05, 4.69) is 9.71 Å². The van der Waals surface area contributed by atoms with Gasteiger partial charge >= 0.3 is 0 Å². The van der Waals surface area contributed by atoms with Gasteiger partial charge in [-0.3, -0.25) is 0 Å². The summed E-state index contributed by atoms with van der Waals surface area (Å²) in [5, 5.41) is 2.83. The molecule has 0 spiro atoms. The van der Waals surface area contributed by atoms with Gasteiger partial charge in [-0.05, 0) is 25.3 Å². The zero-order chi connectivity index (χ0) is 13.7. The van der Waals surface area contributed by atoms with Crippen molar-refractivity contribution < 1.29 is 8.42 Å². The van der Waals surface area contributed by atoms with Crippen molar-refractivity contribution in [1.82, 2.24) is 14.0 Å². The molecule has 1 saturated heterocycles. The van der Waals surface area contributed by atoms with Crippen LogP contribution >= 0.6 is 11.3 Å². The minimum Gasteiger partial charge on any atom is -0.330 e. The number of hydrogen-bond acceptors (Lipinski definition) is 5. The first-order valence-electron chi connectivity index (χ1n) is 6.45. The molecule has 1 atom stereocenters. The molecule has 1 aliphatic heterocycles. The van der Waals surface area contributed by atoms with E-state index < -0.39 is 10.2 Å². The maximum Gasteiger partial charge on any atom is 0.279 e. The molecule has 2 rings (SSSR count). The minimum absolute atomic E-state index is 0.282. The molecule has 0 aromatic carbocycles. The highest BCUT2D eigenvalue weighted by molar-refractivity contribution is 7.87. The van der Waals surface area contributed by atoms with Crippen LogP contribution < -0.4 is 10.5 Å². The van der Waals surface area contributed by atoms with E-state index in [4.69, 9.17) is 5.73 Å². The van der Waals surface area contributed by atoms with E-state index in [1.165, 1.54) is 15.6 Å². The van der Waals surface area contributed by atoms with Gasteiger partial charge in [0.2, 0.25) is 0 Å². The van der Waals surface area contributed by atoms with Crippen molar-refractivity contribution in [2.45, 2.75) is 19.3 Å². The normalized spacial score (nSPS) is 21.6. The molecule has 1 aliphatic rings. The fraction of sp³-hybridized carbons (Fsp3) is 0.727. The minimum atomic E-state index is -3.37. The average Bonchev–Trinajstić information content (AvgIpc) is 2.92. The van der Waals surface area contributed by atoms with Crippen molar-refractivity contribution in [2.24, 2.45) is 11.7 Å². The predicted octanol–water partition coefficient (Wildman–Crippen LogP) is 0.191. The largest absolute Gasteiger partial charge is 0.330 e. The zero-order valence-corrected chi connectivity index (χ0v) is 12.4. The Balaban J connectivity index is 1.83. The van der Waals surface area contributed by atoms with E-state index in [0.717, 1.165) is 17.8 Å². The molecule has 1 aromatic heterocycles. The van der Waals surface area contributed by atoms with Crippen LogP contribution in [0.5, 0.6) is 0 Å². The monoisotopic (exact) mass is 304 g/mol. The van der Waals surface area contributed by atoms with Crippen LogP contribution in [0, 0.1) is 5.92 Å². The lowest BCUT2D eigenvalue weighted by Crippen LogP contribution is -2.47. The molecule has 2 heterocycles. The van der Waals surface area contributed by atoms with Crippen molar-refractivity contribution in [2.75, 3.05) is 26.2 Å². The van der Waals surface area contributed by atoms with Crippen LogP contribution in [0.25, 0.3) is 0 Å². The standard InChI is InChI=1S/C11H20N4O2S2/c12-8-10-2-1-6-15(9-10)19(16,17)14-4-3-11-13-5-7-18-11/h5,7,10,14H,1-4,6,8-9,12H2. The molecule has 0 radical (unpaired) electrons. The van der Waals surface area contributed by atoms with Gasteiger partial charge < -0.3 is 5.73 Å². The molecule has 8 heteroatoms. The summed E-state index contributed by atoms with van der Waals surface area (Å²) in [5.74, 6) is 0.282. The highest BCUT2D eigenvalue weighted by Crippen LogP contribution is 2.17. The average molecular weight is 304 g/mol. The lowest BCUT2D eigenvalue weighted by Gasteiger charge is -2.31. The lowest BCUT2D eigenvalue weighted by atomic mass is 10.0. The van der Waals surface area contributed by atoms with E-state index in [-0.39, 0.29) is 5.92 Å². The van der Waals surface area contributed by atoms with Gasteiger partial charge in [0, 0.05) is 37.6 Å². The summed E-state index contributed by atoms with van der Waals surface area (Å²) >= 11 is 1.54. The Bertz CT molecular complexity index is 475. The Morgan fingerprint density at radius 3 is 3.11 bits per heavy atom. The molecule has 0 aliphatic carbocycles. The fourth-order valence-electron chi connectivity index (χ4n) is 2.19. The quantitative estimate of drug-likeness (QED) is 0.785. The second-order valence-corrected chi connectivity index (χ2v) is 7.41. The van der Waals surface area contributed by atoms with Gasteiger partial charge in [0.25, 0.3) is 10.2 Å². The maximum atomic E-state index is 12.1. The predicted molar refractivity (Wildman–Crippen MR) is 76.1 cm³/mol. The van der Waals surface area contributed by atoms with Gasteiger partial charge in [-0.2, -0.15) is 12.7 Å². The molecular weight excluding hydrogens is 284 g/mol. The summed E-state index contributed by atoms with van der Waals surface area (Å²) < 4.78 is 28.4. The molecule has 19 heavy (non-hydrogen) atoms. The van der Waals surface area contributed by atoms with E-state index >= 15 is 0 Å².